The SMILES string of the molecule is Cc1ccc(O)c(CN(CC(CO)N(Cc2cc(CO)ccc2O)CP(=O)(O)O)CP(=O)(O)O)c1. The third kappa shape index (κ3) is 9.98. The number of aromatic hydroxyl groups is 2. The molecule has 0 spiro atoms. The minimum Gasteiger partial charge on any atom is -0.508 e. The Bertz CT molecular complexity index is 1090. The van der Waals surface area contributed by atoms with E-state index in [-0.39, 0.29) is 43.3 Å². The molecule has 196 valence electrons. The molecule has 0 saturated heterocycles. The molecule has 12 nitrogen and oxygen atoms in total. The van der Waals surface area contributed by atoms with Crippen molar-refractivity contribution in [2.75, 3.05) is 25.7 Å². The molecule has 0 radical (unpaired) electrons. The minimum atomic E-state index is -4.65. The molecular weight excluding hydrogens is 502 g/mol. The topological polar surface area (TPSA) is 202 Å². The van der Waals surface area contributed by atoms with Gasteiger partial charge in [0.15, 0.2) is 0 Å². The van der Waals surface area contributed by atoms with E-state index in [0.717, 1.165) is 5.56 Å². The number of aryl methyl sites for hydroxylation is 1. The van der Waals surface area contributed by atoms with Crippen molar-refractivity contribution in [3.05, 3.63) is 58.7 Å². The van der Waals surface area contributed by atoms with Crippen molar-refractivity contribution < 1.29 is 49.1 Å². The summed E-state index contributed by atoms with van der Waals surface area (Å²) >= 11 is 0. The Morgan fingerprint density at radius 3 is 1.94 bits per heavy atom. The largest absolute Gasteiger partial charge is 0.508 e. The number of benzene rings is 2. The van der Waals surface area contributed by atoms with Crippen molar-refractivity contribution in [2.45, 2.75) is 32.7 Å². The van der Waals surface area contributed by atoms with E-state index >= 15 is 0 Å². The lowest BCUT2D eigenvalue weighted by Crippen LogP contribution is -2.46. The lowest BCUT2D eigenvalue weighted by Gasteiger charge is -2.35. The number of hydrogen-bond donors (Lipinski definition) is 8. The van der Waals surface area contributed by atoms with Crippen LogP contribution in [0.25, 0.3) is 0 Å². The zero-order chi connectivity index (χ0) is 26.4. The van der Waals surface area contributed by atoms with Crippen LogP contribution < -0.4 is 0 Å². The summed E-state index contributed by atoms with van der Waals surface area (Å²) in [7, 11) is -9.24. The fourth-order valence-electron chi connectivity index (χ4n) is 3.72. The van der Waals surface area contributed by atoms with Crippen LogP contribution in [-0.4, -0.2) is 81.6 Å². The van der Waals surface area contributed by atoms with Gasteiger partial charge in [0.1, 0.15) is 24.1 Å². The monoisotopic (exact) mass is 534 g/mol. The average Bonchev–Trinajstić information content (AvgIpc) is 2.73. The molecule has 0 saturated carbocycles. The molecule has 0 aromatic heterocycles. The van der Waals surface area contributed by atoms with Crippen LogP contribution >= 0.6 is 15.2 Å². The van der Waals surface area contributed by atoms with Gasteiger partial charge in [-0.1, -0.05) is 23.8 Å². The highest BCUT2D eigenvalue weighted by Crippen LogP contribution is 2.39. The molecule has 0 amide bonds. The van der Waals surface area contributed by atoms with Gasteiger partial charge in [0.2, 0.25) is 0 Å². The van der Waals surface area contributed by atoms with Crippen molar-refractivity contribution in [3.8, 4) is 11.5 Å². The number of phenols is 2. The maximum atomic E-state index is 11.8. The van der Waals surface area contributed by atoms with Crippen molar-refractivity contribution in [1.82, 2.24) is 9.80 Å². The highest BCUT2D eigenvalue weighted by atomic mass is 31.2. The second-order valence-electron chi connectivity index (χ2n) is 8.46. The van der Waals surface area contributed by atoms with E-state index in [1.807, 2.05) is 0 Å². The summed E-state index contributed by atoms with van der Waals surface area (Å²) in [6.45, 7) is 0.264. The first-order valence-electron chi connectivity index (χ1n) is 10.6. The molecule has 0 aliphatic heterocycles. The zero-order valence-corrected chi connectivity index (χ0v) is 21.0. The smallest absolute Gasteiger partial charge is 0.339 e. The van der Waals surface area contributed by atoms with E-state index in [1.54, 1.807) is 19.1 Å². The number of phenolic OH excluding ortho intramolecular Hbond substituents is 2. The summed E-state index contributed by atoms with van der Waals surface area (Å²) in [5.74, 6) is -0.281. The van der Waals surface area contributed by atoms with E-state index in [9.17, 15) is 49.1 Å². The molecule has 14 heteroatoms. The molecule has 0 bridgehead atoms. The van der Waals surface area contributed by atoms with Gasteiger partial charge in [0.25, 0.3) is 0 Å². The third-order valence-electron chi connectivity index (χ3n) is 5.28. The first-order valence-corrected chi connectivity index (χ1v) is 14.2. The van der Waals surface area contributed by atoms with E-state index in [2.05, 4.69) is 0 Å². The van der Waals surface area contributed by atoms with Crippen LogP contribution in [-0.2, 0) is 28.8 Å². The van der Waals surface area contributed by atoms with E-state index in [1.165, 1.54) is 34.1 Å². The maximum absolute atomic E-state index is 11.8. The molecule has 1 atom stereocenters. The first kappa shape index (κ1) is 29.4. The van der Waals surface area contributed by atoms with E-state index in [4.69, 9.17) is 0 Å². The van der Waals surface area contributed by atoms with Crippen LogP contribution in [0.4, 0.5) is 0 Å². The van der Waals surface area contributed by atoms with Crippen LogP contribution in [0.5, 0.6) is 11.5 Å². The molecule has 0 heterocycles. The molecule has 2 rings (SSSR count). The van der Waals surface area contributed by atoms with Gasteiger partial charge in [-0.3, -0.25) is 18.9 Å². The Kier molecular flexibility index (Phi) is 10.4. The second-order valence-corrected chi connectivity index (χ2v) is 11.7. The van der Waals surface area contributed by atoms with Gasteiger partial charge in [-0.2, -0.15) is 0 Å². The van der Waals surface area contributed by atoms with E-state index < -0.39 is 40.4 Å². The fraction of sp³-hybridized carbons (Fsp3) is 0.429. The van der Waals surface area contributed by atoms with Gasteiger partial charge in [-0.15, -0.1) is 0 Å². The fourth-order valence-corrected chi connectivity index (χ4v) is 5.26. The Morgan fingerprint density at radius 1 is 0.829 bits per heavy atom. The zero-order valence-electron chi connectivity index (χ0n) is 19.2. The lowest BCUT2D eigenvalue weighted by molar-refractivity contribution is 0.0905. The normalized spacial score (nSPS) is 13.5. The van der Waals surface area contributed by atoms with Crippen molar-refractivity contribution in [2.24, 2.45) is 0 Å². The number of hydrogen-bond acceptors (Lipinski definition) is 8. The van der Waals surface area contributed by atoms with Gasteiger partial charge < -0.3 is 40.0 Å². The van der Waals surface area contributed by atoms with E-state index in [0.29, 0.717) is 11.1 Å². The summed E-state index contributed by atoms with van der Waals surface area (Å²) in [5.41, 5.74) is 1.87. The average molecular weight is 534 g/mol. The maximum Gasteiger partial charge on any atom is 0.339 e. The minimum absolute atomic E-state index is 0.0929. The van der Waals surface area contributed by atoms with Crippen LogP contribution in [0.2, 0.25) is 0 Å². The van der Waals surface area contributed by atoms with Crippen molar-refractivity contribution in [3.63, 3.8) is 0 Å². The summed E-state index contributed by atoms with van der Waals surface area (Å²) in [6.07, 6.45) is -1.54. The van der Waals surface area contributed by atoms with Gasteiger partial charge in [-0.05, 0) is 30.7 Å². The highest BCUT2D eigenvalue weighted by Gasteiger charge is 2.30. The standard InChI is InChI=1S/C21H32N2O10P2/c1-15-2-4-20(26)17(6-15)8-22(13-34(28,29)30)10-19(12-25)23(14-35(31,32)33)9-18-7-16(11-24)3-5-21(18)27/h2-7,19,24-27H,8-14H2,1H3,(H2,28,29,30)(H2,31,32,33). The molecule has 8 N–H and O–H groups in total. The second kappa shape index (κ2) is 12.4. The Balaban J connectivity index is 2.38. The molecule has 0 fully saturated rings. The molecule has 2 aromatic rings. The Hall–Kier alpha value is -1.82. The predicted octanol–water partition coefficient (Wildman–Crippen LogP) is 0.834. The van der Waals surface area contributed by atoms with Crippen LogP contribution in [0.1, 0.15) is 22.3 Å². The third-order valence-corrected chi connectivity index (χ3v) is 6.78. The molecule has 35 heavy (non-hydrogen) atoms. The number of aliphatic hydroxyl groups is 2. The van der Waals surface area contributed by atoms with Gasteiger partial charge in [0.05, 0.1) is 13.2 Å². The van der Waals surface area contributed by atoms with Crippen LogP contribution in [0.3, 0.4) is 0 Å². The van der Waals surface area contributed by atoms with Crippen LogP contribution in [0.15, 0.2) is 36.4 Å². The number of nitrogens with zero attached hydrogens (tertiary/aromatic N) is 2. The molecular formula is C21H32N2O10P2. The molecule has 0 aliphatic carbocycles. The number of rotatable bonds is 13. The summed E-state index contributed by atoms with van der Waals surface area (Å²) in [4.78, 5) is 40.9. The summed E-state index contributed by atoms with van der Waals surface area (Å²) < 4.78 is 23.6. The molecule has 1 unspecified atom stereocenters. The number of aliphatic hydroxyl groups excluding tert-OH is 2. The lowest BCUT2D eigenvalue weighted by atomic mass is 10.1. The predicted molar refractivity (Wildman–Crippen MR) is 128 cm³/mol. The molecule has 2 aromatic carbocycles. The van der Waals surface area contributed by atoms with Gasteiger partial charge in [0, 0.05) is 36.8 Å². The highest BCUT2D eigenvalue weighted by molar-refractivity contribution is 7.51. The quantitative estimate of drug-likeness (QED) is 0.169. The van der Waals surface area contributed by atoms with Crippen molar-refractivity contribution >= 4 is 15.2 Å². The van der Waals surface area contributed by atoms with Crippen LogP contribution in [0, 0.1) is 6.92 Å². The summed E-state index contributed by atoms with van der Waals surface area (Å²) in [6, 6.07) is 7.99. The van der Waals surface area contributed by atoms with Crippen molar-refractivity contribution in [1.29, 1.82) is 0 Å². The van der Waals surface area contributed by atoms with Gasteiger partial charge >= 0.3 is 15.2 Å². The Morgan fingerprint density at radius 2 is 1.40 bits per heavy atom. The first-order chi connectivity index (χ1) is 16.2. The summed E-state index contributed by atoms with van der Waals surface area (Å²) in [5, 5.41) is 39.9. The Labute approximate surface area is 203 Å². The van der Waals surface area contributed by atoms with Gasteiger partial charge in [-0.25, -0.2) is 0 Å². The molecule has 0 aliphatic rings.